The lowest BCUT2D eigenvalue weighted by molar-refractivity contribution is 0.0999. The summed E-state index contributed by atoms with van der Waals surface area (Å²) in [6.45, 7) is 7.39. The fourth-order valence-corrected chi connectivity index (χ4v) is 1.87. The number of primary amides is 1. The standard InChI is InChI=1S/C14H24N4O3/c1-3-20-7-5-18(6-8-21-4-2)14-12(13(16)19)9-11(15)10-17-14/h9-10H,3-8,15H2,1-2H3,(H2,16,19). The first-order chi connectivity index (χ1) is 10.1. The van der Waals surface area contributed by atoms with Gasteiger partial charge in [-0.2, -0.15) is 0 Å². The van der Waals surface area contributed by atoms with Gasteiger partial charge in [0.1, 0.15) is 5.82 Å². The molecule has 4 N–H and O–H groups in total. The first-order valence-electron chi connectivity index (χ1n) is 7.05. The molecule has 0 saturated heterocycles. The fourth-order valence-electron chi connectivity index (χ4n) is 1.87. The minimum Gasteiger partial charge on any atom is -0.397 e. The van der Waals surface area contributed by atoms with Crippen molar-refractivity contribution >= 4 is 17.4 Å². The van der Waals surface area contributed by atoms with E-state index < -0.39 is 5.91 Å². The molecule has 1 rings (SSSR count). The van der Waals surface area contributed by atoms with Gasteiger partial charge in [-0.15, -0.1) is 0 Å². The van der Waals surface area contributed by atoms with Gasteiger partial charge >= 0.3 is 0 Å². The number of carbonyl (C=O) groups is 1. The lowest BCUT2D eigenvalue weighted by atomic mass is 10.2. The number of hydrogen-bond acceptors (Lipinski definition) is 6. The fraction of sp³-hybridized carbons (Fsp3) is 0.571. The number of amides is 1. The maximum atomic E-state index is 11.6. The summed E-state index contributed by atoms with van der Waals surface area (Å²) in [5.74, 6) is -0.0428. The van der Waals surface area contributed by atoms with Gasteiger partial charge in [0.25, 0.3) is 5.91 Å². The van der Waals surface area contributed by atoms with Crippen LogP contribution in [0.3, 0.4) is 0 Å². The van der Waals surface area contributed by atoms with Gasteiger partial charge in [0.05, 0.1) is 30.7 Å². The number of ether oxygens (including phenoxy) is 2. The number of pyridine rings is 1. The van der Waals surface area contributed by atoms with E-state index in [0.29, 0.717) is 56.6 Å². The average Bonchev–Trinajstić information content (AvgIpc) is 2.46. The zero-order valence-corrected chi connectivity index (χ0v) is 12.7. The molecule has 21 heavy (non-hydrogen) atoms. The molecule has 0 aliphatic carbocycles. The summed E-state index contributed by atoms with van der Waals surface area (Å²) in [4.78, 5) is 17.7. The molecule has 1 aromatic rings. The minimum atomic E-state index is -0.553. The average molecular weight is 296 g/mol. The van der Waals surface area contributed by atoms with Gasteiger partial charge in [0, 0.05) is 26.3 Å². The maximum Gasteiger partial charge on any atom is 0.252 e. The van der Waals surface area contributed by atoms with Crippen molar-refractivity contribution in [3.8, 4) is 0 Å². The summed E-state index contributed by atoms with van der Waals surface area (Å²) in [7, 11) is 0. The predicted molar refractivity (Wildman–Crippen MR) is 82.4 cm³/mol. The normalized spacial score (nSPS) is 10.6. The van der Waals surface area contributed by atoms with Gasteiger partial charge in [0.15, 0.2) is 0 Å². The van der Waals surface area contributed by atoms with Crippen molar-refractivity contribution in [2.45, 2.75) is 13.8 Å². The summed E-state index contributed by atoms with van der Waals surface area (Å²) in [5.41, 5.74) is 11.8. The molecule has 0 saturated carbocycles. The maximum absolute atomic E-state index is 11.6. The number of aromatic nitrogens is 1. The van der Waals surface area contributed by atoms with E-state index in [1.807, 2.05) is 18.7 Å². The summed E-state index contributed by atoms with van der Waals surface area (Å²) in [5, 5.41) is 0. The topological polar surface area (TPSA) is 104 Å². The Morgan fingerprint density at radius 2 is 1.81 bits per heavy atom. The number of rotatable bonds is 10. The summed E-state index contributed by atoms with van der Waals surface area (Å²) in [6, 6.07) is 1.54. The third kappa shape index (κ3) is 5.57. The van der Waals surface area contributed by atoms with Crippen molar-refractivity contribution in [1.82, 2.24) is 4.98 Å². The zero-order valence-electron chi connectivity index (χ0n) is 12.7. The second-order valence-electron chi connectivity index (χ2n) is 4.38. The molecule has 0 radical (unpaired) electrons. The van der Waals surface area contributed by atoms with E-state index in [-0.39, 0.29) is 0 Å². The van der Waals surface area contributed by atoms with Crippen molar-refractivity contribution < 1.29 is 14.3 Å². The largest absolute Gasteiger partial charge is 0.397 e. The summed E-state index contributed by atoms with van der Waals surface area (Å²) >= 11 is 0. The van der Waals surface area contributed by atoms with Gasteiger partial charge in [0.2, 0.25) is 0 Å². The first-order valence-corrected chi connectivity index (χ1v) is 7.05. The van der Waals surface area contributed by atoms with Gasteiger partial charge in [-0.25, -0.2) is 4.98 Å². The molecule has 0 aliphatic heterocycles. The lowest BCUT2D eigenvalue weighted by Gasteiger charge is -2.25. The van der Waals surface area contributed by atoms with Crippen LogP contribution < -0.4 is 16.4 Å². The van der Waals surface area contributed by atoms with Crippen LogP contribution in [0.25, 0.3) is 0 Å². The van der Waals surface area contributed by atoms with Crippen molar-refractivity contribution in [1.29, 1.82) is 0 Å². The van der Waals surface area contributed by atoms with Crippen LogP contribution in [-0.4, -0.2) is 50.4 Å². The highest BCUT2D eigenvalue weighted by Gasteiger charge is 2.16. The summed E-state index contributed by atoms with van der Waals surface area (Å²) in [6.07, 6.45) is 1.51. The molecule has 0 fully saturated rings. The van der Waals surface area contributed by atoms with Gasteiger partial charge in [-0.1, -0.05) is 0 Å². The zero-order chi connectivity index (χ0) is 15.7. The van der Waals surface area contributed by atoms with E-state index in [1.165, 1.54) is 6.20 Å². The SMILES string of the molecule is CCOCCN(CCOCC)c1ncc(N)cc1C(N)=O. The van der Waals surface area contributed by atoms with E-state index in [2.05, 4.69) is 4.98 Å². The van der Waals surface area contributed by atoms with Crippen molar-refractivity contribution in [3.05, 3.63) is 17.8 Å². The highest BCUT2D eigenvalue weighted by molar-refractivity contribution is 5.98. The number of nitrogen functional groups attached to an aromatic ring is 1. The third-order valence-corrected chi connectivity index (χ3v) is 2.87. The van der Waals surface area contributed by atoms with E-state index in [1.54, 1.807) is 6.07 Å². The van der Waals surface area contributed by atoms with E-state index >= 15 is 0 Å². The van der Waals surface area contributed by atoms with Crippen LogP contribution >= 0.6 is 0 Å². The number of hydrogen-bond donors (Lipinski definition) is 2. The highest BCUT2D eigenvalue weighted by Crippen LogP contribution is 2.19. The third-order valence-electron chi connectivity index (χ3n) is 2.87. The molecule has 118 valence electrons. The molecule has 0 aliphatic rings. The second kappa shape index (κ2) is 9.15. The summed E-state index contributed by atoms with van der Waals surface area (Å²) < 4.78 is 10.7. The smallest absolute Gasteiger partial charge is 0.252 e. The quantitative estimate of drug-likeness (QED) is 0.614. The number of nitrogens with zero attached hydrogens (tertiary/aromatic N) is 2. The highest BCUT2D eigenvalue weighted by atomic mass is 16.5. The lowest BCUT2D eigenvalue weighted by Crippen LogP contribution is -2.34. The Bertz CT molecular complexity index is 444. The molecule has 7 nitrogen and oxygen atoms in total. The van der Waals surface area contributed by atoms with Crippen LogP contribution in [-0.2, 0) is 9.47 Å². The van der Waals surface area contributed by atoms with E-state index in [0.717, 1.165) is 0 Å². The van der Waals surface area contributed by atoms with Gasteiger partial charge < -0.3 is 25.8 Å². The Kier molecular flexibility index (Phi) is 7.49. The Hall–Kier alpha value is -1.86. The van der Waals surface area contributed by atoms with Crippen LogP contribution in [0, 0.1) is 0 Å². The molecule has 1 aromatic heterocycles. The molecular weight excluding hydrogens is 272 g/mol. The molecule has 0 aromatic carbocycles. The Morgan fingerprint density at radius 3 is 2.29 bits per heavy atom. The molecule has 1 heterocycles. The Balaban J connectivity index is 2.91. The molecule has 1 amide bonds. The molecule has 0 bridgehead atoms. The van der Waals surface area contributed by atoms with Gasteiger partial charge in [-0.05, 0) is 19.9 Å². The predicted octanol–water partition coefficient (Wildman–Crippen LogP) is 0.642. The van der Waals surface area contributed by atoms with Crippen molar-refractivity contribution in [2.24, 2.45) is 5.73 Å². The van der Waals surface area contributed by atoms with Crippen molar-refractivity contribution in [2.75, 3.05) is 50.2 Å². The molecule has 0 atom stereocenters. The molecule has 7 heteroatoms. The van der Waals surface area contributed by atoms with Crippen LogP contribution in [0.1, 0.15) is 24.2 Å². The minimum absolute atomic E-state index is 0.308. The monoisotopic (exact) mass is 296 g/mol. The Morgan fingerprint density at radius 1 is 1.24 bits per heavy atom. The van der Waals surface area contributed by atoms with Crippen LogP contribution in [0.2, 0.25) is 0 Å². The van der Waals surface area contributed by atoms with E-state index in [9.17, 15) is 4.79 Å². The second-order valence-corrected chi connectivity index (χ2v) is 4.38. The molecular formula is C14H24N4O3. The molecule has 0 unspecified atom stereocenters. The van der Waals surface area contributed by atoms with Crippen LogP contribution in [0.5, 0.6) is 0 Å². The first kappa shape index (κ1) is 17.2. The number of nitrogens with two attached hydrogens (primary N) is 2. The van der Waals surface area contributed by atoms with Crippen LogP contribution in [0.4, 0.5) is 11.5 Å². The number of carbonyl (C=O) groups excluding carboxylic acids is 1. The van der Waals surface area contributed by atoms with Crippen molar-refractivity contribution in [3.63, 3.8) is 0 Å². The number of anilines is 2. The Labute approximate surface area is 125 Å². The van der Waals surface area contributed by atoms with Gasteiger partial charge in [-0.3, -0.25) is 4.79 Å². The van der Waals surface area contributed by atoms with Crippen LogP contribution in [0.15, 0.2) is 12.3 Å². The van der Waals surface area contributed by atoms with E-state index in [4.69, 9.17) is 20.9 Å². The molecule has 0 spiro atoms.